The molecule has 9 heteroatoms. The van der Waals surface area contributed by atoms with E-state index in [1.54, 1.807) is 54.6 Å². The summed E-state index contributed by atoms with van der Waals surface area (Å²) in [6, 6.07) is 12.6. The molecule has 0 radical (unpaired) electrons. The second-order valence-electron chi connectivity index (χ2n) is 5.95. The van der Waals surface area contributed by atoms with Gasteiger partial charge in [0.2, 0.25) is 0 Å². The summed E-state index contributed by atoms with van der Waals surface area (Å²) in [7, 11) is 0. The lowest BCUT2D eigenvalue weighted by atomic mass is 10.1. The van der Waals surface area contributed by atoms with Gasteiger partial charge in [-0.15, -0.1) is 12.4 Å². The summed E-state index contributed by atoms with van der Waals surface area (Å²) >= 11 is 13.9. The molecule has 5 nitrogen and oxygen atoms in total. The number of nitrogens with zero attached hydrogens (tertiary/aromatic N) is 2. The number of anilines is 1. The highest BCUT2D eigenvalue weighted by molar-refractivity contribution is 7.98. The van der Waals surface area contributed by atoms with Crippen LogP contribution in [0.1, 0.15) is 15.9 Å². The Hall–Kier alpha value is -2.25. The fourth-order valence-corrected chi connectivity index (χ4v) is 4.08. The number of rotatable bonds is 5. The lowest BCUT2D eigenvalue weighted by Gasteiger charge is -2.11. The molecule has 1 amide bonds. The van der Waals surface area contributed by atoms with Crippen LogP contribution in [-0.2, 0) is 5.75 Å². The molecule has 2 N–H and O–H groups in total. The minimum atomic E-state index is -0.373. The molecule has 148 valence electrons. The number of fused-ring (bicyclic) bond motifs is 1. The maximum atomic E-state index is 12.7. The molecule has 2 aromatic heterocycles. The number of amides is 1. The van der Waals surface area contributed by atoms with Crippen LogP contribution in [-0.4, -0.2) is 20.9 Å². The topological polar surface area (TPSA) is 70.7 Å². The number of imidazole rings is 1. The zero-order valence-electron chi connectivity index (χ0n) is 14.9. The molecule has 0 atom stereocenters. The minimum Gasteiger partial charge on any atom is -0.340 e. The zero-order valence-corrected chi connectivity index (χ0v) is 18.0. The molecule has 0 fully saturated rings. The normalized spacial score (nSPS) is 10.6. The Morgan fingerprint density at radius 1 is 1.10 bits per heavy atom. The Morgan fingerprint density at radius 2 is 1.86 bits per heavy atom. The molecule has 0 aliphatic heterocycles. The Labute approximate surface area is 187 Å². The molecular weight excluding hydrogens is 451 g/mol. The van der Waals surface area contributed by atoms with Gasteiger partial charge in [0, 0.05) is 29.7 Å². The molecule has 2 aromatic carbocycles. The maximum absolute atomic E-state index is 12.7. The molecule has 0 bridgehead atoms. The van der Waals surface area contributed by atoms with Gasteiger partial charge >= 0.3 is 0 Å². The van der Waals surface area contributed by atoms with E-state index in [4.69, 9.17) is 23.2 Å². The van der Waals surface area contributed by atoms with Crippen molar-refractivity contribution in [3.05, 3.63) is 82.2 Å². The van der Waals surface area contributed by atoms with Crippen molar-refractivity contribution in [3.8, 4) is 0 Å². The number of thioether (sulfide) groups is 1. The van der Waals surface area contributed by atoms with Crippen LogP contribution < -0.4 is 5.32 Å². The van der Waals surface area contributed by atoms with Crippen molar-refractivity contribution >= 4 is 69.9 Å². The van der Waals surface area contributed by atoms with E-state index in [1.165, 1.54) is 0 Å². The van der Waals surface area contributed by atoms with Gasteiger partial charge in [0.15, 0.2) is 5.16 Å². The predicted molar refractivity (Wildman–Crippen MR) is 122 cm³/mol. The lowest BCUT2D eigenvalue weighted by molar-refractivity contribution is 0.102. The predicted octanol–water partition coefficient (Wildman–Crippen LogP) is 6.23. The lowest BCUT2D eigenvalue weighted by Crippen LogP contribution is -2.13. The number of hydrogen-bond acceptors (Lipinski definition) is 4. The first-order valence-corrected chi connectivity index (χ1v) is 10.1. The minimum absolute atomic E-state index is 0. The molecule has 0 spiro atoms. The van der Waals surface area contributed by atoms with Gasteiger partial charge in [0.1, 0.15) is 0 Å². The zero-order chi connectivity index (χ0) is 19.5. The molecule has 4 rings (SSSR count). The van der Waals surface area contributed by atoms with E-state index < -0.39 is 0 Å². The number of para-hydroxylation sites is 1. The van der Waals surface area contributed by atoms with Crippen molar-refractivity contribution in [2.24, 2.45) is 0 Å². The van der Waals surface area contributed by atoms with E-state index in [0.717, 1.165) is 21.9 Å². The highest BCUT2D eigenvalue weighted by Crippen LogP contribution is 2.28. The van der Waals surface area contributed by atoms with E-state index in [1.807, 2.05) is 12.1 Å². The summed E-state index contributed by atoms with van der Waals surface area (Å²) in [4.78, 5) is 24.5. The van der Waals surface area contributed by atoms with Gasteiger partial charge < -0.3 is 10.3 Å². The van der Waals surface area contributed by atoms with Gasteiger partial charge in [-0.1, -0.05) is 53.2 Å². The molecule has 0 aliphatic carbocycles. The van der Waals surface area contributed by atoms with Gasteiger partial charge in [0.05, 0.1) is 26.8 Å². The van der Waals surface area contributed by atoms with Crippen molar-refractivity contribution in [3.63, 3.8) is 0 Å². The number of carbonyl (C=O) groups is 1. The molecule has 4 aromatic rings. The van der Waals surface area contributed by atoms with Crippen molar-refractivity contribution in [2.75, 3.05) is 5.32 Å². The monoisotopic (exact) mass is 464 g/mol. The van der Waals surface area contributed by atoms with Gasteiger partial charge in [0.25, 0.3) is 5.91 Å². The number of benzene rings is 2. The molecule has 2 heterocycles. The Kier molecular flexibility index (Phi) is 7.03. The van der Waals surface area contributed by atoms with E-state index in [9.17, 15) is 4.79 Å². The van der Waals surface area contributed by atoms with Crippen LogP contribution in [0.15, 0.2) is 66.2 Å². The highest BCUT2D eigenvalue weighted by Gasteiger charge is 2.16. The van der Waals surface area contributed by atoms with E-state index in [-0.39, 0.29) is 23.9 Å². The summed E-state index contributed by atoms with van der Waals surface area (Å²) in [6.45, 7) is 0. The highest BCUT2D eigenvalue weighted by atomic mass is 35.5. The molecular formula is C20H15Cl3N4OS. The van der Waals surface area contributed by atoms with Gasteiger partial charge in [-0.05, 0) is 29.8 Å². The molecule has 29 heavy (non-hydrogen) atoms. The smallest absolute Gasteiger partial charge is 0.258 e. The first-order chi connectivity index (χ1) is 13.6. The van der Waals surface area contributed by atoms with Crippen LogP contribution >= 0.6 is 47.4 Å². The van der Waals surface area contributed by atoms with Crippen LogP contribution in [0, 0.1) is 0 Å². The third-order valence-electron chi connectivity index (χ3n) is 4.05. The largest absolute Gasteiger partial charge is 0.340 e. The van der Waals surface area contributed by atoms with Crippen molar-refractivity contribution in [1.82, 2.24) is 15.0 Å². The van der Waals surface area contributed by atoms with Gasteiger partial charge in [-0.2, -0.15) is 0 Å². The first kappa shape index (κ1) is 21.5. The van der Waals surface area contributed by atoms with Crippen LogP contribution in [0.3, 0.4) is 0 Å². The standard InChI is InChI=1S/C20H14Cl2N4OS.ClH/c21-14-4-2-5-15(22)17(14)19(27)26-16-6-1-3-13-9-12(10-25-18(13)16)11-28-20-23-7-8-24-20;/h1-10H,11H2,(H,23,24)(H,26,27);1H. The van der Waals surface area contributed by atoms with E-state index in [2.05, 4.69) is 26.3 Å². The summed E-state index contributed by atoms with van der Waals surface area (Å²) in [5, 5.41) is 5.26. The Bertz CT molecular complexity index is 1130. The molecule has 0 saturated carbocycles. The number of pyridine rings is 1. The van der Waals surface area contributed by atoms with Crippen molar-refractivity contribution < 1.29 is 4.79 Å². The van der Waals surface area contributed by atoms with Crippen molar-refractivity contribution in [1.29, 1.82) is 0 Å². The van der Waals surface area contributed by atoms with E-state index >= 15 is 0 Å². The summed E-state index contributed by atoms with van der Waals surface area (Å²) in [5.41, 5.74) is 2.61. The quantitative estimate of drug-likeness (QED) is 0.343. The average molecular weight is 466 g/mol. The van der Waals surface area contributed by atoms with Crippen molar-refractivity contribution in [2.45, 2.75) is 10.9 Å². The average Bonchev–Trinajstić information content (AvgIpc) is 3.20. The number of nitrogens with one attached hydrogen (secondary N) is 2. The summed E-state index contributed by atoms with van der Waals surface area (Å²) in [5.74, 6) is 0.366. The summed E-state index contributed by atoms with van der Waals surface area (Å²) in [6.07, 6.45) is 5.32. The first-order valence-electron chi connectivity index (χ1n) is 8.37. The SMILES string of the molecule is Cl.O=C(Nc1cccc2cc(CSc3ncc[nH]3)cnc12)c1c(Cl)cccc1Cl. The van der Waals surface area contributed by atoms with Crippen LogP contribution in [0.25, 0.3) is 10.9 Å². The Balaban J connectivity index is 0.00000240. The maximum Gasteiger partial charge on any atom is 0.258 e. The molecule has 0 unspecified atom stereocenters. The fourth-order valence-electron chi connectivity index (χ4n) is 2.77. The summed E-state index contributed by atoms with van der Waals surface area (Å²) < 4.78 is 0. The number of H-pyrrole nitrogens is 1. The molecule has 0 saturated heterocycles. The van der Waals surface area contributed by atoms with E-state index in [0.29, 0.717) is 21.2 Å². The third kappa shape index (κ3) is 4.85. The van der Waals surface area contributed by atoms with Crippen LogP contribution in [0.5, 0.6) is 0 Å². The second kappa shape index (κ2) is 9.50. The Morgan fingerprint density at radius 3 is 2.59 bits per heavy atom. The number of aromatic amines is 1. The number of hydrogen-bond donors (Lipinski definition) is 2. The number of aromatic nitrogens is 3. The number of halogens is 3. The fraction of sp³-hybridized carbons (Fsp3) is 0.0500. The third-order valence-corrected chi connectivity index (χ3v) is 5.66. The second-order valence-corrected chi connectivity index (χ2v) is 7.73. The van der Waals surface area contributed by atoms with Gasteiger partial charge in [-0.3, -0.25) is 9.78 Å². The van der Waals surface area contributed by atoms with Crippen LogP contribution in [0.2, 0.25) is 10.0 Å². The van der Waals surface area contributed by atoms with Crippen LogP contribution in [0.4, 0.5) is 5.69 Å². The molecule has 0 aliphatic rings. The number of carbonyl (C=O) groups excluding carboxylic acids is 1. The van der Waals surface area contributed by atoms with Gasteiger partial charge in [-0.25, -0.2) is 4.98 Å².